The predicted molar refractivity (Wildman–Crippen MR) is 143 cm³/mol. The minimum atomic E-state index is -1.56. The highest BCUT2D eigenvalue weighted by Gasteiger charge is 2.47. The number of nitrogens with zero attached hydrogens (tertiary/aromatic N) is 1. The normalized spacial score (nSPS) is 17.4. The Labute approximate surface area is 226 Å². The molecule has 4 heterocycles. The summed E-state index contributed by atoms with van der Waals surface area (Å²) >= 11 is 6.56. The first-order valence-corrected chi connectivity index (χ1v) is 12.4. The Hall–Kier alpha value is -4.11. The largest absolute Gasteiger partial charge is 0.370 e. The van der Waals surface area contributed by atoms with E-state index in [0.29, 0.717) is 22.8 Å². The Morgan fingerprint density at radius 1 is 1.03 bits per heavy atom. The number of nitrogens with one attached hydrogen (secondary N) is 7. The number of rotatable bonds is 9. The lowest BCUT2D eigenvalue weighted by Crippen LogP contribution is -2.39. The van der Waals surface area contributed by atoms with Gasteiger partial charge in [0.2, 0.25) is 5.54 Å². The fraction of sp³-hybridized carbons (Fsp3) is 0.136. The monoisotopic (exact) mass is 633 g/mol. The highest BCUT2D eigenvalue weighted by atomic mass is 79.9. The summed E-state index contributed by atoms with van der Waals surface area (Å²) in [5.41, 5.74) is 11.8. The molecule has 3 amide bonds. The predicted octanol–water partition coefficient (Wildman–Crippen LogP) is 0.661. The molecule has 0 aliphatic carbocycles. The Morgan fingerprint density at radius 3 is 2.14 bits per heavy atom. The first-order valence-electron chi connectivity index (χ1n) is 10.8. The molecular weight excluding hydrogens is 612 g/mol. The molecule has 15 heteroatoms. The van der Waals surface area contributed by atoms with Crippen LogP contribution in [0.5, 0.6) is 0 Å². The maximum Gasteiger partial charge on any atom is 0.351 e. The smallest absolute Gasteiger partial charge is 0.351 e. The molecule has 192 valence electrons. The van der Waals surface area contributed by atoms with E-state index in [4.69, 9.17) is 11.5 Å². The van der Waals surface area contributed by atoms with Gasteiger partial charge in [-0.3, -0.25) is 25.4 Å². The summed E-state index contributed by atoms with van der Waals surface area (Å²) in [6.45, 7) is 0.320. The van der Waals surface area contributed by atoms with Crippen molar-refractivity contribution in [1.29, 1.82) is 0 Å². The molecule has 11 N–H and O–H groups in total. The Kier molecular flexibility index (Phi) is 7.63. The number of amides is 3. The molecule has 0 saturated heterocycles. The van der Waals surface area contributed by atoms with Crippen LogP contribution in [0.2, 0.25) is 0 Å². The van der Waals surface area contributed by atoms with E-state index in [1.807, 2.05) is 0 Å². The van der Waals surface area contributed by atoms with Crippen LogP contribution in [0.15, 0.2) is 56.7 Å². The third-order valence-corrected chi connectivity index (χ3v) is 6.17. The Morgan fingerprint density at radius 2 is 1.62 bits per heavy atom. The molecule has 0 spiro atoms. The average Bonchev–Trinajstić information content (AvgIpc) is 3.62. The zero-order valence-electron chi connectivity index (χ0n) is 19.1. The van der Waals surface area contributed by atoms with Crippen molar-refractivity contribution in [1.82, 2.24) is 30.9 Å². The molecule has 1 aliphatic rings. The molecule has 3 aromatic rings. The fourth-order valence-electron chi connectivity index (χ4n) is 3.61. The van der Waals surface area contributed by atoms with E-state index >= 15 is 0 Å². The van der Waals surface area contributed by atoms with Gasteiger partial charge in [0.1, 0.15) is 17.1 Å². The zero-order valence-corrected chi connectivity index (χ0v) is 22.3. The van der Waals surface area contributed by atoms with E-state index in [1.165, 1.54) is 6.08 Å². The van der Waals surface area contributed by atoms with Gasteiger partial charge in [0.05, 0.1) is 0 Å². The van der Waals surface area contributed by atoms with Gasteiger partial charge in [0.25, 0.3) is 17.7 Å². The SMILES string of the molecule is NC1=NC(/C=C/CNC(=O)c2cc(Br)c[nH]2)(c2[nH]c(N)[nH+]c2/C=C/CNC(=O)c2cc(Br)c[nH]2)C(=O)N1. The van der Waals surface area contributed by atoms with Gasteiger partial charge in [0.15, 0.2) is 11.7 Å². The lowest BCUT2D eigenvalue weighted by Gasteiger charge is -2.16. The van der Waals surface area contributed by atoms with E-state index in [1.54, 1.807) is 42.8 Å². The van der Waals surface area contributed by atoms with Gasteiger partial charge in [-0.15, -0.1) is 0 Å². The minimum Gasteiger partial charge on any atom is -0.370 e. The van der Waals surface area contributed by atoms with Crippen LogP contribution in [-0.4, -0.2) is 51.7 Å². The number of nitrogen functional groups attached to an aromatic ring is 1. The number of halogens is 2. The van der Waals surface area contributed by atoms with Crippen molar-refractivity contribution in [3.8, 4) is 0 Å². The van der Waals surface area contributed by atoms with Crippen LogP contribution in [0.25, 0.3) is 6.08 Å². The van der Waals surface area contributed by atoms with Gasteiger partial charge in [-0.2, -0.15) is 0 Å². The summed E-state index contributed by atoms with van der Waals surface area (Å²) in [4.78, 5) is 53.4. The molecule has 0 fully saturated rings. The van der Waals surface area contributed by atoms with Gasteiger partial charge >= 0.3 is 5.95 Å². The first-order chi connectivity index (χ1) is 17.7. The molecule has 1 unspecified atom stereocenters. The molecule has 0 saturated carbocycles. The number of aromatic amines is 4. The average molecular weight is 635 g/mol. The molecule has 37 heavy (non-hydrogen) atoms. The van der Waals surface area contributed by atoms with E-state index in [9.17, 15) is 14.4 Å². The number of hydrogen-bond acceptors (Lipinski definition) is 6. The molecule has 1 atom stereocenters. The summed E-state index contributed by atoms with van der Waals surface area (Å²) in [6.07, 6.45) is 9.76. The number of hydrogen-bond donors (Lipinski definition) is 8. The van der Waals surface area contributed by atoms with Crippen LogP contribution in [-0.2, 0) is 10.3 Å². The fourth-order valence-corrected chi connectivity index (χ4v) is 4.30. The van der Waals surface area contributed by atoms with Gasteiger partial charge in [-0.05, 0) is 56.1 Å². The zero-order chi connectivity index (χ0) is 26.6. The number of H-pyrrole nitrogens is 4. The van der Waals surface area contributed by atoms with Crippen LogP contribution >= 0.6 is 31.9 Å². The Bertz CT molecular complexity index is 1430. The van der Waals surface area contributed by atoms with Crippen LogP contribution < -0.4 is 32.4 Å². The van der Waals surface area contributed by atoms with Crippen molar-refractivity contribution in [2.45, 2.75) is 5.54 Å². The van der Waals surface area contributed by atoms with Crippen LogP contribution in [0.3, 0.4) is 0 Å². The van der Waals surface area contributed by atoms with Gasteiger partial charge in [-0.1, -0.05) is 12.2 Å². The number of aromatic nitrogens is 4. The maximum atomic E-state index is 13.0. The summed E-state index contributed by atoms with van der Waals surface area (Å²) in [5.74, 6) is -0.993. The second kappa shape index (κ2) is 10.9. The summed E-state index contributed by atoms with van der Waals surface area (Å²) in [6, 6.07) is 3.31. The highest BCUT2D eigenvalue weighted by Crippen LogP contribution is 2.32. The van der Waals surface area contributed by atoms with E-state index in [-0.39, 0.29) is 36.8 Å². The van der Waals surface area contributed by atoms with Crippen LogP contribution in [0, 0.1) is 0 Å². The van der Waals surface area contributed by atoms with Crippen molar-refractivity contribution in [3.63, 3.8) is 0 Å². The maximum absolute atomic E-state index is 13.0. The summed E-state index contributed by atoms with van der Waals surface area (Å²) in [5, 5.41) is 7.98. The van der Waals surface area contributed by atoms with Crippen molar-refractivity contribution in [2.75, 3.05) is 18.8 Å². The molecule has 0 radical (unpaired) electrons. The lowest BCUT2D eigenvalue weighted by molar-refractivity contribution is -0.361. The molecule has 0 bridgehead atoms. The molecule has 1 aliphatic heterocycles. The first kappa shape index (κ1) is 26.0. The van der Waals surface area contributed by atoms with Gasteiger partial charge in [-0.25, -0.2) is 15.0 Å². The standard InChI is InChI=1S/C22H22Br2N10O3/c23-11-7-14(29-9-11)17(35)27-5-1-3-13-16(32-20(25)31-13)22(19(37)33-21(26)34-22)4-2-6-28-18(36)15-8-12(24)10-30-15/h1-4,7-10,29-30H,5-6H2,(H,27,35)(H,28,36)(H3,25,31,32)(H3,26,33,34,37)/p+1/b3-1+,4-2+. The molecule has 0 aromatic carbocycles. The van der Waals surface area contributed by atoms with Crippen LogP contribution in [0.4, 0.5) is 5.95 Å². The number of carbonyl (C=O) groups is 3. The molecule has 4 rings (SSSR count). The second-order valence-corrected chi connectivity index (χ2v) is 9.69. The lowest BCUT2D eigenvalue weighted by atomic mass is 9.93. The quantitative estimate of drug-likeness (QED) is 0.159. The van der Waals surface area contributed by atoms with Crippen LogP contribution in [0.1, 0.15) is 32.4 Å². The third-order valence-electron chi connectivity index (χ3n) is 5.25. The van der Waals surface area contributed by atoms with E-state index < -0.39 is 11.4 Å². The summed E-state index contributed by atoms with van der Waals surface area (Å²) < 4.78 is 1.51. The number of aliphatic imine (C=N–C) groups is 1. The summed E-state index contributed by atoms with van der Waals surface area (Å²) in [7, 11) is 0. The number of anilines is 1. The Balaban J connectivity index is 1.49. The second-order valence-electron chi connectivity index (χ2n) is 7.86. The minimum absolute atomic E-state index is 0.0672. The molecule has 3 aromatic heterocycles. The van der Waals surface area contributed by atoms with E-state index in [0.717, 1.165) is 8.95 Å². The topological polar surface area (TPSA) is 213 Å². The van der Waals surface area contributed by atoms with Crippen molar-refractivity contribution < 1.29 is 19.4 Å². The third kappa shape index (κ3) is 5.83. The van der Waals surface area contributed by atoms with E-state index in [2.05, 4.69) is 72.7 Å². The van der Waals surface area contributed by atoms with Crippen molar-refractivity contribution in [2.24, 2.45) is 10.7 Å². The van der Waals surface area contributed by atoms with Gasteiger partial charge in [0, 0.05) is 34.4 Å². The van der Waals surface area contributed by atoms with Crippen molar-refractivity contribution in [3.05, 3.63) is 74.5 Å². The number of guanidine groups is 1. The number of carbonyl (C=O) groups excluding carboxylic acids is 3. The van der Waals surface area contributed by atoms with Gasteiger partial charge < -0.3 is 26.3 Å². The molecule has 13 nitrogen and oxygen atoms in total. The van der Waals surface area contributed by atoms with Crippen molar-refractivity contribution >= 4 is 67.6 Å². The number of imidazole rings is 1. The molecular formula is C22H23Br2N10O3+. The number of nitrogens with two attached hydrogens (primary N) is 2. The highest BCUT2D eigenvalue weighted by molar-refractivity contribution is 9.10.